The van der Waals surface area contributed by atoms with Crippen molar-refractivity contribution in [2.45, 2.75) is 6.92 Å². The van der Waals surface area contributed by atoms with Gasteiger partial charge in [-0.2, -0.15) is 4.98 Å². The van der Waals surface area contributed by atoms with Crippen molar-refractivity contribution in [1.82, 2.24) is 9.97 Å². The Balaban J connectivity index is 2.16. The second-order valence-corrected chi connectivity index (χ2v) is 5.02. The largest absolute Gasteiger partial charge is 0.495 e. The lowest BCUT2D eigenvalue weighted by Crippen LogP contribution is -2.09. The van der Waals surface area contributed by atoms with Crippen LogP contribution < -0.4 is 15.4 Å². The molecular formula is C15H19ClN4O2. The van der Waals surface area contributed by atoms with Gasteiger partial charge in [-0.15, -0.1) is 0 Å². The van der Waals surface area contributed by atoms with Gasteiger partial charge in [0.1, 0.15) is 11.6 Å². The van der Waals surface area contributed by atoms with Gasteiger partial charge >= 0.3 is 0 Å². The van der Waals surface area contributed by atoms with Gasteiger partial charge in [0.25, 0.3) is 0 Å². The van der Waals surface area contributed by atoms with Crippen LogP contribution in [0, 0.1) is 6.92 Å². The van der Waals surface area contributed by atoms with Gasteiger partial charge in [0.05, 0.1) is 19.4 Å². The third kappa shape index (κ3) is 4.22. The molecule has 0 spiro atoms. The molecule has 0 atom stereocenters. The number of nitrogens with one attached hydrogen (secondary N) is 2. The number of ether oxygens (including phenoxy) is 2. The van der Waals surface area contributed by atoms with Crippen molar-refractivity contribution in [2.24, 2.45) is 0 Å². The average Bonchev–Trinajstić information content (AvgIpc) is 2.51. The van der Waals surface area contributed by atoms with Gasteiger partial charge in [-0.1, -0.05) is 11.6 Å². The first-order valence-electron chi connectivity index (χ1n) is 6.81. The van der Waals surface area contributed by atoms with Crippen molar-refractivity contribution >= 4 is 29.1 Å². The fourth-order valence-electron chi connectivity index (χ4n) is 1.85. The van der Waals surface area contributed by atoms with Gasteiger partial charge < -0.3 is 20.1 Å². The summed E-state index contributed by atoms with van der Waals surface area (Å²) >= 11 is 6.10. The molecule has 6 nitrogen and oxygen atoms in total. The standard InChI is InChI=1S/C15H19ClN4O2/c1-10-8-12(13(22-3)9-11(10)16)19-15-18-5-4-14(20-15)17-6-7-21-2/h4-5,8-9H,6-7H2,1-3H3,(H2,17,18,19,20). The lowest BCUT2D eigenvalue weighted by atomic mass is 10.2. The minimum atomic E-state index is 0.474. The molecule has 0 amide bonds. The van der Waals surface area contributed by atoms with E-state index in [-0.39, 0.29) is 0 Å². The van der Waals surface area contributed by atoms with Gasteiger partial charge in [-0.05, 0) is 24.6 Å². The molecule has 2 rings (SSSR count). The molecule has 0 aliphatic carbocycles. The Labute approximate surface area is 134 Å². The van der Waals surface area contributed by atoms with E-state index >= 15 is 0 Å². The molecule has 1 aromatic carbocycles. The number of methoxy groups -OCH3 is 2. The normalized spacial score (nSPS) is 10.4. The highest BCUT2D eigenvalue weighted by Crippen LogP contribution is 2.32. The number of anilines is 3. The zero-order valence-electron chi connectivity index (χ0n) is 12.8. The maximum absolute atomic E-state index is 6.10. The van der Waals surface area contributed by atoms with Crippen molar-refractivity contribution in [3.63, 3.8) is 0 Å². The summed E-state index contributed by atoms with van der Waals surface area (Å²) < 4.78 is 10.3. The number of nitrogens with zero attached hydrogens (tertiary/aromatic N) is 2. The molecule has 2 N–H and O–H groups in total. The summed E-state index contributed by atoms with van der Waals surface area (Å²) in [6.45, 7) is 3.21. The van der Waals surface area contributed by atoms with Crippen LogP contribution in [0.4, 0.5) is 17.5 Å². The quantitative estimate of drug-likeness (QED) is 0.763. The fourth-order valence-corrected chi connectivity index (χ4v) is 2.00. The molecule has 0 aliphatic heterocycles. The Morgan fingerprint density at radius 2 is 2.09 bits per heavy atom. The zero-order valence-corrected chi connectivity index (χ0v) is 13.6. The van der Waals surface area contributed by atoms with Crippen molar-refractivity contribution in [3.05, 3.63) is 35.0 Å². The summed E-state index contributed by atoms with van der Waals surface area (Å²) in [4.78, 5) is 8.60. The molecule has 0 fully saturated rings. The van der Waals surface area contributed by atoms with Crippen LogP contribution in [0.3, 0.4) is 0 Å². The molecule has 0 saturated carbocycles. The monoisotopic (exact) mass is 322 g/mol. The van der Waals surface area contributed by atoms with Crippen molar-refractivity contribution in [1.29, 1.82) is 0 Å². The molecular weight excluding hydrogens is 304 g/mol. The molecule has 0 radical (unpaired) electrons. The number of benzene rings is 1. The summed E-state index contributed by atoms with van der Waals surface area (Å²) in [5.41, 5.74) is 1.71. The van der Waals surface area contributed by atoms with Crippen LogP contribution in [0.5, 0.6) is 5.75 Å². The van der Waals surface area contributed by atoms with Gasteiger partial charge in [-0.25, -0.2) is 4.98 Å². The van der Waals surface area contributed by atoms with Crippen LogP contribution in [-0.2, 0) is 4.74 Å². The smallest absolute Gasteiger partial charge is 0.229 e. The predicted molar refractivity (Wildman–Crippen MR) is 88.4 cm³/mol. The molecule has 2 aromatic rings. The maximum atomic E-state index is 6.10. The number of aryl methyl sites for hydroxylation is 1. The molecule has 118 valence electrons. The molecule has 0 unspecified atom stereocenters. The first kappa shape index (κ1) is 16.3. The lowest BCUT2D eigenvalue weighted by Gasteiger charge is -2.13. The highest BCUT2D eigenvalue weighted by Gasteiger charge is 2.09. The summed E-state index contributed by atoms with van der Waals surface area (Å²) in [6.07, 6.45) is 1.68. The minimum Gasteiger partial charge on any atom is -0.495 e. The predicted octanol–water partition coefficient (Wildman–Crippen LogP) is 3.25. The van der Waals surface area contributed by atoms with Gasteiger partial charge in [0.2, 0.25) is 5.95 Å². The van der Waals surface area contributed by atoms with E-state index in [2.05, 4.69) is 20.6 Å². The lowest BCUT2D eigenvalue weighted by molar-refractivity contribution is 0.210. The first-order chi connectivity index (χ1) is 10.6. The SMILES string of the molecule is COCCNc1ccnc(Nc2cc(C)c(Cl)cc2OC)n1. The molecule has 22 heavy (non-hydrogen) atoms. The summed E-state index contributed by atoms with van der Waals surface area (Å²) in [5, 5.41) is 6.95. The number of halogens is 1. The maximum Gasteiger partial charge on any atom is 0.229 e. The van der Waals surface area contributed by atoms with Crippen molar-refractivity contribution in [2.75, 3.05) is 38.0 Å². The minimum absolute atomic E-state index is 0.474. The van der Waals surface area contributed by atoms with E-state index in [9.17, 15) is 0 Å². The third-order valence-corrected chi connectivity index (χ3v) is 3.40. The van der Waals surface area contributed by atoms with Gasteiger partial charge in [-0.3, -0.25) is 0 Å². The highest BCUT2D eigenvalue weighted by atomic mass is 35.5. The zero-order chi connectivity index (χ0) is 15.9. The molecule has 0 bridgehead atoms. The average molecular weight is 323 g/mol. The summed E-state index contributed by atoms with van der Waals surface area (Å²) in [6, 6.07) is 5.46. The Bertz CT molecular complexity index is 637. The second kappa shape index (κ2) is 7.82. The third-order valence-electron chi connectivity index (χ3n) is 3.00. The Morgan fingerprint density at radius 1 is 1.27 bits per heavy atom. The van der Waals surface area contributed by atoms with Crippen LogP contribution in [-0.4, -0.2) is 37.3 Å². The molecule has 1 heterocycles. The summed E-state index contributed by atoms with van der Waals surface area (Å²) in [7, 11) is 3.25. The van der Waals surface area contributed by atoms with Gasteiger partial charge in [0, 0.05) is 30.9 Å². The fraction of sp³-hybridized carbons (Fsp3) is 0.333. The van der Waals surface area contributed by atoms with Crippen molar-refractivity contribution < 1.29 is 9.47 Å². The van der Waals surface area contributed by atoms with E-state index in [4.69, 9.17) is 21.1 Å². The highest BCUT2D eigenvalue weighted by molar-refractivity contribution is 6.31. The van der Waals surface area contributed by atoms with E-state index in [0.29, 0.717) is 29.9 Å². The van der Waals surface area contributed by atoms with Crippen LogP contribution in [0.1, 0.15) is 5.56 Å². The molecule has 0 saturated heterocycles. The van der Waals surface area contributed by atoms with Crippen LogP contribution >= 0.6 is 11.6 Å². The van der Waals surface area contributed by atoms with Crippen LogP contribution in [0.15, 0.2) is 24.4 Å². The van der Waals surface area contributed by atoms with E-state index in [1.165, 1.54) is 0 Å². The van der Waals surface area contributed by atoms with E-state index in [0.717, 1.165) is 17.1 Å². The van der Waals surface area contributed by atoms with Crippen molar-refractivity contribution in [3.8, 4) is 5.75 Å². The molecule has 7 heteroatoms. The topological polar surface area (TPSA) is 68.3 Å². The van der Waals surface area contributed by atoms with E-state index in [1.807, 2.05) is 13.0 Å². The first-order valence-corrected chi connectivity index (χ1v) is 7.19. The van der Waals surface area contributed by atoms with Crippen LogP contribution in [0.25, 0.3) is 0 Å². The molecule has 0 aliphatic rings. The second-order valence-electron chi connectivity index (χ2n) is 4.61. The number of aromatic nitrogens is 2. The number of hydrogen-bond donors (Lipinski definition) is 2. The molecule has 1 aromatic heterocycles. The van der Waals surface area contributed by atoms with Gasteiger partial charge in [0.15, 0.2) is 0 Å². The summed E-state index contributed by atoms with van der Waals surface area (Å²) in [5.74, 6) is 1.83. The Kier molecular flexibility index (Phi) is 5.80. The number of hydrogen-bond acceptors (Lipinski definition) is 6. The Morgan fingerprint density at radius 3 is 2.82 bits per heavy atom. The van der Waals surface area contributed by atoms with E-state index < -0.39 is 0 Å². The Hall–Kier alpha value is -2.05. The van der Waals surface area contributed by atoms with E-state index in [1.54, 1.807) is 32.5 Å². The number of rotatable bonds is 7. The van der Waals surface area contributed by atoms with Crippen LogP contribution in [0.2, 0.25) is 5.02 Å².